The van der Waals surface area contributed by atoms with Gasteiger partial charge < -0.3 is 19.7 Å². The zero-order valence-electron chi connectivity index (χ0n) is 17.9. The first kappa shape index (κ1) is 21.2. The minimum atomic E-state index is -0.131. The van der Waals surface area contributed by atoms with E-state index in [9.17, 15) is 4.79 Å². The van der Waals surface area contributed by atoms with Crippen molar-refractivity contribution in [3.05, 3.63) is 46.2 Å². The Bertz CT molecular complexity index is 825. The van der Waals surface area contributed by atoms with E-state index in [2.05, 4.69) is 10.2 Å². The summed E-state index contributed by atoms with van der Waals surface area (Å²) in [7, 11) is 1.62. The van der Waals surface area contributed by atoms with Crippen LogP contribution >= 0.6 is 11.3 Å². The Hall–Kier alpha value is -2.05. The lowest BCUT2D eigenvalue weighted by atomic mass is 10.0. The van der Waals surface area contributed by atoms with Crippen molar-refractivity contribution in [3.8, 4) is 11.5 Å². The molecule has 2 heterocycles. The van der Waals surface area contributed by atoms with Gasteiger partial charge in [-0.25, -0.2) is 0 Å². The molecular formula is C24H32N2O3S. The fourth-order valence-corrected chi connectivity index (χ4v) is 5.34. The smallest absolute Gasteiger partial charge is 0.255 e. The van der Waals surface area contributed by atoms with Crippen LogP contribution in [0.25, 0.3) is 0 Å². The number of rotatable bonds is 7. The van der Waals surface area contributed by atoms with Crippen LogP contribution in [0.4, 0.5) is 0 Å². The molecule has 0 unspecified atom stereocenters. The molecule has 1 amide bonds. The fraction of sp³-hybridized carbons (Fsp3) is 0.542. The third-order valence-corrected chi connectivity index (χ3v) is 7.42. The molecule has 1 saturated heterocycles. The Labute approximate surface area is 183 Å². The number of carbonyl (C=O) groups excluding carboxylic acids is 1. The number of amides is 1. The minimum Gasteiger partial charge on any atom is -0.497 e. The molecule has 2 fully saturated rings. The molecule has 1 aromatic heterocycles. The number of piperidine rings is 1. The summed E-state index contributed by atoms with van der Waals surface area (Å²) < 4.78 is 11.7. The van der Waals surface area contributed by atoms with Crippen LogP contribution in [0.15, 0.2) is 35.7 Å². The van der Waals surface area contributed by atoms with Gasteiger partial charge in [-0.2, -0.15) is 0 Å². The Morgan fingerprint density at radius 3 is 2.60 bits per heavy atom. The number of nitrogens with one attached hydrogen (secondary N) is 1. The van der Waals surface area contributed by atoms with Crippen molar-refractivity contribution in [1.29, 1.82) is 0 Å². The second-order valence-corrected chi connectivity index (χ2v) is 9.34. The number of methoxy groups -OCH3 is 1. The molecule has 0 bridgehead atoms. The van der Waals surface area contributed by atoms with E-state index in [4.69, 9.17) is 9.47 Å². The first-order chi connectivity index (χ1) is 14.6. The number of hydrogen-bond acceptors (Lipinski definition) is 5. The Morgan fingerprint density at radius 2 is 1.93 bits per heavy atom. The third kappa shape index (κ3) is 4.98. The summed E-state index contributed by atoms with van der Waals surface area (Å²) in [6.07, 6.45) is 7.60. The van der Waals surface area contributed by atoms with E-state index in [0.717, 1.165) is 36.9 Å². The van der Waals surface area contributed by atoms with E-state index in [0.29, 0.717) is 17.1 Å². The summed E-state index contributed by atoms with van der Waals surface area (Å²) >= 11 is 1.64. The van der Waals surface area contributed by atoms with Crippen molar-refractivity contribution in [2.45, 2.75) is 63.6 Å². The van der Waals surface area contributed by atoms with Crippen LogP contribution < -0.4 is 14.8 Å². The summed E-state index contributed by atoms with van der Waals surface area (Å²) in [5.74, 6) is 1.17. The molecule has 1 aliphatic carbocycles. The molecule has 1 atom stereocenters. The zero-order valence-corrected chi connectivity index (χ0v) is 18.7. The Balaban J connectivity index is 1.42. The van der Waals surface area contributed by atoms with Crippen LogP contribution in [-0.2, 0) is 0 Å². The second-order valence-electron chi connectivity index (χ2n) is 8.36. The van der Waals surface area contributed by atoms with Crippen molar-refractivity contribution in [2.75, 3.05) is 20.2 Å². The second kappa shape index (κ2) is 9.84. The molecule has 162 valence electrons. The number of nitrogens with zero attached hydrogens (tertiary/aromatic N) is 1. The summed E-state index contributed by atoms with van der Waals surface area (Å²) in [4.78, 5) is 16.8. The van der Waals surface area contributed by atoms with Gasteiger partial charge >= 0.3 is 0 Å². The highest BCUT2D eigenvalue weighted by Gasteiger charge is 2.28. The van der Waals surface area contributed by atoms with Gasteiger partial charge in [-0.05, 0) is 62.3 Å². The van der Waals surface area contributed by atoms with E-state index in [1.54, 1.807) is 24.5 Å². The largest absolute Gasteiger partial charge is 0.497 e. The van der Waals surface area contributed by atoms with Crippen molar-refractivity contribution >= 4 is 17.2 Å². The predicted octanol–water partition coefficient (Wildman–Crippen LogP) is 5.03. The summed E-state index contributed by atoms with van der Waals surface area (Å²) in [5.41, 5.74) is 0.538. The lowest BCUT2D eigenvalue weighted by Crippen LogP contribution is -2.43. The van der Waals surface area contributed by atoms with E-state index >= 15 is 0 Å². The van der Waals surface area contributed by atoms with Gasteiger partial charge in [-0.1, -0.05) is 18.9 Å². The number of likely N-dealkylation sites (tertiary alicyclic amines) is 1. The van der Waals surface area contributed by atoms with E-state index in [-0.39, 0.29) is 18.1 Å². The van der Waals surface area contributed by atoms with Gasteiger partial charge in [0.1, 0.15) is 17.6 Å². The number of thiophene rings is 1. The van der Waals surface area contributed by atoms with Crippen molar-refractivity contribution in [1.82, 2.24) is 10.2 Å². The molecule has 30 heavy (non-hydrogen) atoms. The monoisotopic (exact) mass is 428 g/mol. The van der Waals surface area contributed by atoms with Gasteiger partial charge in [0.05, 0.1) is 18.7 Å². The van der Waals surface area contributed by atoms with Gasteiger partial charge in [-0.3, -0.25) is 4.79 Å². The molecule has 0 spiro atoms. The standard InChI is InChI=1S/C24H32N2O3S/c1-17(23-8-5-15-30-23)25-24(27)21-16-20(28-2)9-10-22(21)29-19-11-13-26(14-12-19)18-6-3-4-7-18/h5,8-10,15-19H,3-4,6-7,11-14H2,1-2H3,(H,25,27)/t17-/m0/s1. The SMILES string of the molecule is COc1ccc(OC2CCN(C3CCCC3)CC2)c(C(=O)N[C@@H](C)c2cccs2)c1. The van der Waals surface area contributed by atoms with Crippen LogP contribution in [-0.4, -0.2) is 43.2 Å². The lowest BCUT2D eigenvalue weighted by Gasteiger charge is -2.36. The van der Waals surface area contributed by atoms with Crippen molar-refractivity contribution in [3.63, 3.8) is 0 Å². The summed E-state index contributed by atoms with van der Waals surface area (Å²) in [6, 6.07) is 10.3. The molecule has 1 aliphatic heterocycles. The minimum absolute atomic E-state index is 0.0498. The molecule has 1 aromatic carbocycles. The van der Waals surface area contributed by atoms with Crippen LogP contribution in [0, 0.1) is 0 Å². The Kier molecular flexibility index (Phi) is 6.95. The highest BCUT2D eigenvalue weighted by Crippen LogP contribution is 2.30. The normalized spacial score (nSPS) is 19.5. The molecule has 2 aliphatic rings. The third-order valence-electron chi connectivity index (χ3n) is 6.36. The van der Waals surface area contributed by atoms with E-state index < -0.39 is 0 Å². The van der Waals surface area contributed by atoms with Crippen LogP contribution in [0.5, 0.6) is 11.5 Å². The maximum atomic E-state index is 13.1. The molecule has 1 saturated carbocycles. The summed E-state index contributed by atoms with van der Waals surface area (Å²) in [6.45, 7) is 4.17. The van der Waals surface area contributed by atoms with Gasteiger partial charge in [0.15, 0.2) is 0 Å². The van der Waals surface area contributed by atoms with E-state index in [1.165, 1.54) is 25.7 Å². The molecule has 2 aromatic rings. The highest BCUT2D eigenvalue weighted by atomic mass is 32.1. The average molecular weight is 429 g/mol. The molecular weight excluding hydrogens is 396 g/mol. The molecule has 4 rings (SSSR count). The maximum Gasteiger partial charge on any atom is 0.255 e. The van der Waals surface area contributed by atoms with E-state index in [1.807, 2.05) is 36.6 Å². The molecule has 5 nitrogen and oxygen atoms in total. The molecule has 0 radical (unpaired) electrons. The fourth-order valence-electron chi connectivity index (χ4n) is 4.61. The highest BCUT2D eigenvalue weighted by molar-refractivity contribution is 7.10. The van der Waals surface area contributed by atoms with Gasteiger partial charge in [0.25, 0.3) is 5.91 Å². The van der Waals surface area contributed by atoms with Crippen LogP contribution in [0.2, 0.25) is 0 Å². The van der Waals surface area contributed by atoms with Gasteiger partial charge in [0, 0.05) is 24.0 Å². The van der Waals surface area contributed by atoms with Crippen molar-refractivity contribution in [2.24, 2.45) is 0 Å². The van der Waals surface area contributed by atoms with Crippen molar-refractivity contribution < 1.29 is 14.3 Å². The van der Waals surface area contributed by atoms with Gasteiger partial charge in [-0.15, -0.1) is 11.3 Å². The zero-order chi connectivity index (χ0) is 20.9. The average Bonchev–Trinajstić information content (AvgIpc) is 3.49. The first-order valence-corrected chi connectivity index (χ1v) is 11.9. The summed E-state index contributed by atoms with van der Waals surface area (Å²) in [5, 5.41) is 5.12. The first-order valence-electron chi connectivity index (χ1n) is 11.1. The number of hydrogen-bond donors (Lipinski definition) is 1. The lowest BCUT2D eigenvalue weighted by molar-refractivity contribution is 0.0748. The van der Waals surface area contributed by atoms with Crippen LogP contribution in [0.1, 0.15) is 66.7 Å². The Morgan fingerprint density at radius 1 is 1.17 bits per heavy atom. The molecule has 6 heteroatoms. The number of ether oxygens (including phenoxy) is 2. The quantitative estimate of drug-likeness (QED) is 0.672. The predicted molar refractivity (Wildman–Crippen MR) is 121 cm³/mol. The number of carbonyl (C=O) groups is 1. The van der Waals surface area contributed by atoms with Gasteiger partial charge in [0.2, 0.25) is 0 Å². The van der Waals surface area contributed by atoms with Crippen LogP contribution in [0.3, 0.4) is 0 Å². The number of benzene rings is 1. The maximum absolute atomic E-state index is 13.1. The molecule has 1 N–H and O–H groups in total. The topological polar surface area (TPSA) is 50.8 Å².